The molecule has 0 saturated carbocycles. The maximum absolute atomic E-state index is 5.91. The number of hydrogen-bond donors (Lipinski definition) is 1. The van der Waals surface area contributed by atoms with Gasteiger partial charge >= 0.3 is 0 Å². The summed E-state index contributed by atoms with van der Waals surface area (Å²) in [6, 6.07) is 7.38. The molecule has 0 aliphatic carbocycles. The third kappa shape index (κ3) is 3.24. The lowest BCUT2D eigenvalue weighted by Crippen LogP contribution is -2.15. The van der Waals surface area contributed by atoms with Crippen LogP contribution in [0, 0.1) is 0 Å². The van der Waals surface area contributed by atoms with Crippen molar-refractivity contribution in [3.8, 4) is 22.9 Å². The Morgan fingerprint density at radius 1 is 0.952 bits per heavy atom. The van der Waals surface area contributed by atoms with Crippen LogP contribution in [0.25, 0.3) is 11.4 Å². The second kappa shape index (κ2) is 5.60. The molecule has 5 heteroatoms. The zero-order valence-electron chi connectivity index (χ0n) is 13.1. The second-order valence-electron chi connectivity index (χ2n) is 5.82. The Labute approximate surface area is 125 Å². The van der Waals surface area contributed by atoms with Crippen molar-refractivity contribution in [3.63, 3.8) is 0 Å². The number of aromatic nitrogens is 2. The van der Waals surface area contributed by atoms with Gasteiger partial charge in [0.15, 0.2) is 17.3 Å². The molecule has 0 saturated heterocycles. The van der Waals surface area contributed by atoms with Gasteiger partial charge in [0.1, 0.15) is 5.82 Å². The van der Waals surface area contributed by atoms with E-state index in [-0.39, 0.29) is 5.41 Å². The van der Waals surface area contributed by atoms with Crippen molar-refractivity contribution in [2.75, 3.05) is 20.0 Å². The Kier molecular flexibility index (Phi) is 4.02. The normalized spacial score (nSPS) is 11.3. The molecule has 0 spiro atoms. The van der Waals surface area contributed by atoms with E-state index in [1.54, 1.807) is 14.2 Å². The van der Waals surface area contributed by atoms with Crippen LogP contribution in [0.5, 0.6) is 11.5 Å². The monoisotopic (exact) mass is 287 g/mol. The number of nitrogens with zero attached hydrogens (tertiary/aromatic N) is 2. The Hall–Kier alpha value is -2.30. The van der Waals surface area contributed by atoms with Crippen molar-refractivity contribution < 1.29 is 9.47 Å². The summed E-state index contributed by atoms with van der Waals surface area (Å²) in [4.78, 5) is 8.94. The number of rotatable bonds is 3. The van der Waals surface area contributed by atoms with E-state index in [4.69, 9.17) is 15.2 Å². The van der Waals surface area contributed by atoms with Gasteiger partial charge in [-0.3, -0.25) is 0 Å². The van der Waals surface area contributed by atoms with Gasteiger partial charge in [-0.25, -0.2) is 9.97 Å². The minimum atomic E-state index is -0.0949. The van der Waals surface area contributed by atoms with Crippen LogP contribution in [0.1, 0.15) is 26.5 Å². The van der Waals surface area contributed by atoms with Gasteiger partial charge in [0.05, 0.1) is 19.9 Å². The highest BCUT2D eigenvalue weighted by atomic mass is 16.5. The number of nitrogens with two attached hydrogens (primary N) is 1. The first-order valence-corrected chi connectivity index (χ1v) is 6.72. The maximum Gasteiger partial charge on any atom is 0.161 e. The van der Waals surface area contributed by atoms with Crippen molar-refractivity contribution in [1.29, 1.82) is 0 Å². The van der Waals surface area contributed by atoms with E-state index in [0.717, 1.165) is 11.3 Å². The first-order valence-electron chi connectivity index (χ1n) is 6.72. The molecule has 112 valence electrons. The topological polar surface area (TPSA) is 70.3 Å². The van der Waals surface area contributed by atoms with Crippen LogP contribution in [0.4, 0.5) is 5.82 Å². The van der Waals surface area contributed by atoms with Gasteiger partial charge in [0, 0.05) is 17.0 Å². The Bertz CT molecular complexity index is 648. The highest BCUT2D eigenvalue weighted by Gasteiger charge is 2.18. The Balaban J connectivity index is 2.54. The predicted molar refractivity (Wildman–Crippen MR) is 83.7 cm³/mol. The van der Waals surface area contributed by atoms with Crippen molar-refractivity contribution in [1.82, 2.24) is 9.97 Å². The molecule has 0 aliphatic rings. The molecule has 0 radical (unpaired) electrons. The third-order valence-corrected chi connectivity index (χ3v) is 3.16. The van der Waals surface area contributed by atoms with Crippen molar-refractivity contribution >= 4 is 5.82 Å². The summed E-state index contributed by atoms with van der Waals surface area (Å²) in [7, 11) is 3.20. The summed E-state index contributed by atoms with van der Waals surface area (Å²) >= 11 is 0. The summed E-state index contributed by atoms with van der Waals surface area (Å²) in [5, 5.41) is 0. The molecule has 0 amide bonds. The molecule has 0 fully saturated rings. The number of nitrogen functional groups attached to an aromatic ring is 1. The fraction of sp³-hybridized carbons (Fsp3) is 0.375. The Morgan fingerprint density at radius 3 is 2.19 bits per heavy atom. The lowest BCUT2D eigenvalue weighted by atomic mass is 9.92. The average molecular weight is 287 g/mol. The molecule has 5 nitrogen and oxygen atoms in total. The minimum absolute atomic E-state index is 0.0949. The molecule has 1 aromatic heterocycles. The first-order chi connectivity index (χ1) is 9.85. The van der Waals surface area contributed by atoms with E-state index >= 15 is 0 Å². The van der Waals surface area contributed by atoms with E-state index in [9.17, 15) is 0 Å². The zero-order chi connectivity index (χ0) is 15.6. The van der Waals surface area contributed by atoms with E-state index in [1.165, 1.54) is 0 Å². The predicted octanol–water partition coefficient (Wildman–Crippen LogP) is 3.04. The molecule has 1 aromatic carbocycles. The van der Waals surface area contributed by atoms with E-state index in [0.29, 0.717) is 23.1 Å². The lowest BCUT2D eigenvalue weighted by molar-refractivity contribution is 0.355. The first kappa shape index (κ1) is 15.1. The summed E-state index contributed by atoms with van der Waals surface area (Å²) in [5.74, 6) is 2.35. The molecule has 2 N–H and O–H groups in total. The fourth-order valence-electron chi connectivity index (χ4n) is 1.95. The Morgan fingerprint density at radius 2 is 1.62 bits per heavy atom. The summed E-state index contributed by atoms with van der Waals surface area (Å²) in [6.07, 6.45) is 0. The average Bonchev–Trinajstić information content (AvgIpc) is 2.45. The minimum Gasteiger partial charge on any atom is -0.493 e. The van der Waals surface area contributed by atoms with Crippen molar-refractivity contribution in [3.05, 3.63) is 30.0 Å². The van der Waals surface area contributed by atoms with Gasteiger partial charge in [0.25, 0.3) is 0 Å². The smallest absolute Gasteiger partial charge is 0.161 e. The van der Waals surface area contributed by atoms with Gasteiger partial charge in [-0.2, -0.15) is 0 Å². The van der Waals surface area contributed by atoms with Crippen LogP contribution in [-0.4, -0.2) is 24.2 Å². The number of methoxy groups -OCH3 is 2. The summed E-state index contributed by atoms with van der Waals surface area (Å²) in [6.45, 7) is 6.27. The van der Waals surface area contributed by atoms with Gasteiger partial charge in [-0.15, -0.1) is 0 Å². The highest BCUT2D eigenvalue weighted by Crippen LogP contribution is 2.32. The SMILES string of the molecule is COc1ccc(-c2nc(N)cc(C(C)(C)C)n2)cc1OC. The molecule has 0 aliphatic heterocycles. The quantitative estimate of drug-likeness (QED) is 0.939. The number of ether oxygens (including phenoxy) is 2. The van der Waals surface area contributed by atoms with Crippen LogP contribution in [0.15, 0.2) is 24.3 Å². The van der Waals surface area contributed by atoms with Crippen LogP contribution in [-0.2, 0) is 5.41 Å². The number of anilines is 1. The molecule has 1 heterocycles. The van der Waals surface area contributed by atoms with Crippen molar-refractivity contribution in [2.45, 2.75) is 26.2 Å². The van der Waals surface area contributed by atoms with Gasteiger partial charge in [0.2, 0.25) is 0 Å². The highest BCUT2D eigenvalue weighted by molar-refractivity contribution is 5.62. The lowest BCUT2D eigenvalue weighted by Gasteiger charge is -2.19. The van der Waals surface area contributed by atoms with E-state index < -0.39 is 0 Å². The molecular weight excluding hydrogens is 266 g/mol. The van der Waals surface area contributed by atoms with Crippen LogP contribution in [0.3, 0.4) is 0 Å². The van der Waals surface area contributed by atoms with E-state index in [2.05, 4.69) is 30.7 Å². The van der Waals surface area contributed by atoms with Gasteiger partial charge in [-0.1, -0.05) is 20.8 Å². The summed E-state index contributed by atoms with van der Waals surface area (Å²) in [5.41, 5.74) is 7.56. The largest absolute Gasteiger partial charge is 0.493 e. The molecule has 2 aromatic rings. The van der Waals surface area contributed by atoms with Gasteiger partial charge in [-0.05, 0) is 18.2 Å². The third-order valence-electron chi connectivity index (χ3n) is 3.16. The standard InChI is InChI=1S/C16H21N3O2/c1-16(2,3)13-9-14(17)19-15(18-13)10-6-7-11(20-4)12(8-10)21-5/h6-9H,1-5H3,(H2,17,18,19). The molecule has 21 heavy (non-hydrogen) atoms. The second-order valence-corrected chi connectivity index (χ2v) is 5.82. The van der Waals surface area contributed by atoms with Crippen LogP contribution in [0.2, 0.25) is 0 Å². The van der Waals surface area contributed by atoms with Gasteiger partial charge < -0.3 is 15.2 Å². The molecule has 0 atom stereocenters. The molecular formula is C16H21N3O2. The number of hydrogen-bond acceptors (Lipinski definition) is 5. The van der Waals surface area contributed by atoms with Crippen molar-refractivity contribution in [2.24, 2.45) is 0 Å². The molecule has 0 unspecified atom stereocenters. The summed E-state index contributed by atoms with van der Waals surface area (Å²) < 4.78 is 10.6. The molecule has 0 bridgehead atoms. The number of benzene rings is 1. The zero-order valence-corrected chi connectivity index (χ0v) is 13.1. The fourth-order valence-corrected chi connectivity index (χ4v) is 1.95. The van der Waals surface area contributed by atoms with Crippen LogP contribution >= 0.6 is 0 Å². The van der Waals surface area contributed by atoms with Crippen LogP contribution < -0.4 is 15.2 Å². The van der Waals surface area contributed by atoms with E-state index in [1.807, 2.05) is 24.3 Å². The molecule has 2 rings (SSSR count). The maximum atomic E-state index is 5.91.